The molecule has 0 fully saturated rings. The van der Waals surface area contributed by atoms with Crippen LogP contribution < -0.4 is 5.48 Å². The first-order valence-electron chi connectivity index (χ1n) is 4.10. The molecule has 1 amide bonds. The minimum atomic E-state index is -3.59. The fourth-order valence-electron chi connectivity index (χ4n) is 0.514. The van der Waals surface area contributed by atoms with E-state index in [1.807, 2.05) is 5.48 Å². The fraction of sp³-hybridized carbons (Fsp3) is 0.857. The lowest BCUT2D eigenvalue weighted by molar-refractivity contribution is -0.130. The van der Waals surface area contributed by atoms with Gasteiger partial charge in [0.2, 0.25) is 5.91 Å². The number of hydrogen-bond donors (Lipinski definition) is 1. The molecule has 0 aliphatic carbocycles. The molecule has 0 radical (unpaired) electrons. The van der Waals surface area contributed by atoms with Gasteiger partial charge in [-0.1, -0.05) is 20.8 Å². The van der Waals surface area contributed by atoms with E-state index >= 15 is 0 Å². The lowest BCUT2D eigenvalue weighted by Gasteiger charge is -2.06. The van der Waals surface area contributed by atoms with Crippen molar-refractivity contribution in [1.82, 2.24) is 5.48 Å². The summed E-state index contributed by atoms with van der Waals surface area (Å²) in [6, 6.07) is 0. The zero-order chi connectivity index (χ0) is 10.5. The highest BCUT2D eigenvalue weighted by Crippen LogP contribution is 1.96. The molecule has 0 aliphatic heterocycles. The first kappa shape index (κ1) is 12.4. The lowest BCUT2D eigenvalue weighted by atomic mass is 10.2. The zero-order valence-corrected chi connectivity index (χ0v) is 8.85. The quantitative estimate of drug-likeness (QED) is 0.666. The average molecular weight is 209 g/mol. The van der Waals surface area contributed by atoms with Crippen molar-refractivity contribution in [2.75, 3.05) is 5.75 Å². The predicted molar refractivity (Wildman–Crippen MR) is 48.1 cm³/mol. The largest absolute Gasteiger partial charge is 0.287 e. The molecule has 0 bridgehead atoms. The molecule has 0 saturated carbocycles. The Labute approximate surface area is 78.5 Å². The summed E-state index contributed by atoms with van der Waals surface area (Å²) in [5, 5.41) is 0. The number of hydrogen-bond acceptors (Lipinski definition) is 4. The molecular formula is C7H15NO4S. The molecule has 0 saturated heterocycles. The number of rotatable bonds is 5. The van der Waals surface area contributed by atoms with Gasteiger partial charge in [0, 0.05) is 5.92 Å². The molecule has 0 spiro atoms. The Bertz CT molecular complexity index is 258. The summed E-state index contributed by atoms with van der Waals surface area (Å²) in [6.45, 7) is 5.00. The standard InChI is InChI=1S/C7H15NO4S/c1-4-5-13(10,11)12-8-7(9)6(2)3/h6H,4-5H2,1-3H3,(H,8,9). The normalized spacial score (nSPS) is 11.7. The number of carbonyl (C=O) groups excluding carboxylic acids is 1. The summed E-state index contributed by atoms with van der Waals surface area (Å²) in [5.41, 5.74) is 1.88. The highest BCUT2D eigenvalue weighted by Gasteiger charge is 2.13. The van der Waals surface area contributed by atoms with Gasteiger partial charge in [-0.2, -0.15) is 8.42 Å². The van der Waals surface area contributed by atoms with Crippen LogP contribution >= 0.6 is 0 Å². The van der Waals surface area contributed by atoms with E-state index in [0.29, 0.717) is 6.42 Å². The summed E-state index contributed by atoms with van der Waals surface area (Å²) in [6.07, 6.45) is 0.458. The monoisotopic (exact) mass is 209 g/mol. The Morgan fingerprint density at radius 1 is 1.46 bits per heavy atom. The summed E-state index contributed by atoms with van der Waals surface area (Å²) < 4.78 is 26.1. The third kappa shape index (κ3) is 5.59. The third-order valence-corrected chi connectivity index (χ3v) is 2.49. The van der Waals surface area contributed by atoms with E-state index in [4.69, 9.17) is 0 Å². The van der Waals surface area contributed by atoms with Crippen LogP contribution in [0.2, 0.25) is 0 Å². The van der Waals surface area contributed by atoms with Crippen molar-refractivity contribution < 1.29 is 17.5 Å². The lowest BCUT2D eigenvalue weighted by Crippen LogP contribution is -2.31. The molecule has 13 heavy (non-hydrogen) atoms. The molecule has 0 unspecified atom stereocenters. The maximum Gasteiger partial charge on any atom is 0.287 e. The minimum Gasteiger partial charge on any atom is -0.272 e. The number of hydroxylamine groups is 1. The summed E-state index contributed by atoms with van der Waals surface area (Å²) in [4.78, 5) is 10.9. The molecule has 5 nitrogen and oxygen atoms in total. The summed E-state index contributed by atoms with van der Waals surface area (Å²) >= 11 is 0. The van der Waals surface area contributed by atoms with Crippen molar-refractivity contribution in [3.63, 3.8) is 0 Å². The van der Waals surface area contributed by atoms with Crippen molar-refractivity contribution in [3.8, 4) is 0 Å². The number of amides is 1. The van der Waals surface area contributed by atoms with E-state index in [2.05, 4.69) is 4.28 Å². The van der Waals surface area contributed by atoms with Gasteiger partial charge in [-0.15, -0.1) is 4.28 Å². The molecule has 6 heteroatoms. The van der Waals surface area contributed by atoms with Crippen LogP contribution in [0.15, 0.2) is 0 Å². The molecule has 0 heterocycles. The summed E-state index contributed by atoms with van der Waals surface area (Å²) in [5.74, 6) is -0.831. The van der Waals surface area contributed by atoms with Crippen LogP contribution in [0.5, 0.6) is 0 Å². The van der Waals surface area contributed by atoms with Gasteiger partial charge in [-0.3, -0.25) is 4.79 Å². The van der Waals surface area contributed by atoms with Crippen LogP contribution in [-0.4, -0.2) is 20.1 Å². The van der Waals surface area contributed by atoms with E-state index in [0.717, 1.165) is 0 Å². The third-order valence-electron chi connectivity index (χ3n) is 1.25. The Kier molecular flexibility index (Phi) is 4.94. The van der Waals surface area contributed by atoms with Crippen LogP contribution in [-0.2, 0) is 19.2 Å². The van der Waals surface area contributed by atoms with Crippen molar-refractivity contribution >= 4 is 16.0 Å². The Balaban J connectivity index is 3.96. The molecule has 0 aromatic carbocycles. The van der Waals surface area contributed by atoms with E-state index in [-0.39, 0.29) is 11.7 Å². The van der Waals surface area contributed by atoms with E-state index < -0.39 is 16.0 Å². The Morgan fingerprint density at radius 2 is 2.00 bits per heavy atom. The van der Waals surface area contributed by atoms with Crippen LogP contribution in [0, 0.1) is 5.92 Å². The molecular weight excluding hydrogens is 194 g/mol. The molecule has 0 aliphatic rings. The Hall–Kier alpha value is -0.620. The fourth-order valence-corrected chi connectivity index (χ4v) is 1.31. The van der Waals surface area contributed by atoms with Gasteiger partial charge in [-0.05, 0) is 6.42 Å². The van der Waals surface area contributed by atoms with Gasteiger partial charge in [0.1, 0.15) is 0 Å². The van der Waals surface area contributed by atoms with Crippen molar-refractivity contribution in [3.05, 3.63) is 0 Å². The zero-order valence-electron chi connectivity index (χ0n) is 8.03. The minimum absolute atomic E-state index is 0.0919. The maximum absolute atomic E-state index is 10.9. The molecule has 78 valence electrons. The van der Waals surface area contributed by atoms with E-state index in [1.54, 1.807) is 20.8 Å². The van der Waals surface area contributed by atoms with Crippen molar-refractivity contribution in [2.24, 2.45) is 5.92 Å². The van der Waals surface area contributed by atoms with Crippen LogP contribution in [0.1, 0.15) is 27.2 Å². The van der Waals surface area contributed by atoms with Crippen molar-refractivity contribution in [2.45, 2.75) is 27.2 Å². The predicted octanol–water partition coefficient (Wildman–Crippen LogP) is 0.430. The highest BCUT2D eigenvalue weighted by atomic mass is 32.2. The topological polar surface area (TPSA) is 72.5 Å². The molecule has 1 N–H and O–H groups in total. The second kappa shape index (κ2) is 5.18. The van der Waals surface area contributed by atoms with Crippen LogP contribution in [0.3, 0.4) is 0 Å². The second-order valence-corrected chi connectivity index (χ2v) is 4.66. The maximum atomic E-state index is 10.9. The van der Waals surface area contributed by atoms with E-state index in [1.165, 1.54) is 0 Å². The van der Waals surface area contributed by atoms with Gasteiger partial charge in [-0.25, -0.2) is 5.48 Å². The van der Waals surface area contributed by atoms with Crippen molar-refractivity contribution in [1.29, 1.82) is 0 Å². The average Bonchev–Trinajstić information content (AvgIpc) is 2.00. The first-order chi connectivity index (χ1) is 5.89. The summed E-state index contributed by atoms with van der Waals surface area (Å²) in [7, 11) is -3.59. The molecule has 0 aromatic heterocycles. The van der Waals surface area contributed by atoms with Crippen LogP contribution in [0.25, 0.3) is 0 Å². The SMILES string of the molecule is CCCS(=O)(=O)ONC(=O)C(C)C. The molecule has 0 aromatic rings. The molecule has 0 atom stereocenters. The Morgan fingerprint density at radius 3 is 2.38 bits per heavy atom. The highest BCUT2D eigenvalue weighted by molar-refractivity contribution is 7.86. The molecule has 0 rings (SSSR count). The second-order valence-electron chi connectivity index (χ2n) is 2.97. The van der Waals surface area contributed by atoms with Gasteiger partial charge in [0.05, 0.1) is 5.75 Å². The van der Waals surface area contributed by atoms with Crippen LogP contribution in [0.4, 0.5) is 0 Å². The smallest absolute Gasteiger partial charge is 0.272 e. The van der Waals surface area contributed by atoms with Gasteiger partial charge < -0.3 is 0 Å². The van der Waals surface area contributed by atoms with E-state index in [9.17, 15) is 13.2 Å². The van der Waals surface area contributed by atoms with Gasteiger partial charge in [0.25, 0.3) is 10.1 Å². The number of nitrogens with one attached hydrogen (secondary N) is 1. The van der Waals surface area contributed by atoms with Gasteiger partial charge >= 0.3 is 0 Å². The first-order valence-corrected chi connectivity index (χ1v) is 5.67. The van der Waals surface area contributed by atoms with Gasteiger partial charge in [0.15, 0.2) is 0 Å². The number of carbonyl (C=O) groups is 1.